The van der Waals surface area contributed by atoms with Gasteiger partial charge in [-0.05, 0) is 11.3 Å². The lowest BCUT2D eigenvalue weighted by Gasteiger charge is -2.14. The first-order valence-corrected chi connectivity index (χ1v) is 5.30. The number of nitrogens with zero attached hydrogens (tertiary/aromatic N) is 1. The van der Waals surface area contributed by atoms with Crippen molar-refractivity contribution in [3.8, 4) is 0 Å². The van der Waals surface area contributed by atoms with Gasteiger partial charge in [-0.15, -0.1) is 0 Å². The lowest BCUT2D eigenvalue weighted by Crippen LogP contribution is -2.09. The summed E-state index contributed by atoms with van der Waals surface area (Å²) in [5, 5.41) is 0. The summed E-state index contributed by atoms with van der Waals surface area (Å²) in [6, 6.07) is 0. The molecule has 0 N–H and O–H groups in total. The maximum absolute atomic E-state index is 5.66. The lowest BCUT2D eigenvalue weighted by atomic mass is 9.92. The van der Waals surface area contributed by atoms with Crippen LogP contribution in [0.15, 0.2) is 10.6 Å². The summed E-state index contributed by atoms with van der Waals surface area (Å²) < 4.78 is 5.66. The van der Waals surface area contributed by atoms with Crippen LogP contribution < -0.4 is 0 Å². The van der Waals surface area contributed by atoms with Crippen LogP contribution >= 0.6 is 0 Å². The van der Waals surface area contributed by atoms with Crippen LogP contribution in [0.2, 0.25) is 0 Å². The van der Waals surface area contributed by atoms with Crippen molar-refractivity contribution in [2.75, 3.05) is 0 Å². The molecule has 1 aromatic rings. The normalized spacial score (nSPS) is 12.4. The minimum absolute atomic E-state index is 0.250. The van der Waals surface area contributed by atoms with Crippen molar-refractivity contribution in [2.24, 2.45) is 11.3 Å². The molecule has 0 aromatic carbocycles. The minimum atomic E-state index is 0.250. The Morgan fingerprint density at radius 3 is 2.50 bits per heavy atom. The second-order valence-electron chi connectivity index (χ2n) is 5.56. The molecule has 0 amide bonds. The Balaban J connectivity index is 2.60. The van der Waals surface area contributed by atoms with Gasteiger partial charge in [-0.2, -0.15) is 0 Å². The molecule has 0 aliphatic rings. The summed E-state index contributed by atoms with van der Waals surface area (Å²) in [5.41, 5.74) is 0.250. The largest absolute Gasteiger partial charge is 0.446 e. The highest BCUT2D eigenvalue weighted by molar-refractivity contribution is 4.96. The molecule has 1 aromatic heterocycles. The first kappa shape index (κ1) is 11.3. The summed E-state index contributed by atoms with van der Waals surface area (Å²) >= 11 is 0. The van der Waals surface area contributed by atoms with Crippen LogP contribution in [0.1, 0.15) is 46.3 Å². The molecule has 2 nitrogen and oxygen atoms in total. The first-order valence-electron chi connectivity index (χ1n) is 5.30. The third kappa shape index (κ3) is 3.95. The standard InChI is InChI=1S/C12H21NO/c1-9(2)6-10-8-13-11(14-10)7-12(3,4)5/h8-9H,6-7H2,1-5H3. The zero-order valence-corrected chi connectivity index (χ0v) is 9.92. The summed E-state index contributed by atoms with van der Waals surface area (Å²) in [7, 11) is 0. The van der Waals surface area contributed by atoms with E-state index in [2.05, 4.69) is 39.6 Å². The molecular weight excluding hydrogens is 174 g/mol. The van der Waals surface area contributed by atoms with Crippen LogP contribution in [-0.4, -0.2) is 4.98 Å². The van der Waals surface area contributed by atoms with Crippen molar-refractivity contribution >= 4 is 0 Å². The van der Waals surface area contributed by atoms with E-state index in [4.69, 9.17) is 4.42 Å². The monoisotopic (exact) mass is 195 g/mol. The van der Waals surface area contributed by atoms with Crippen LogP contribution in [0.5, 0.6) is 0 Å². The summed E-state index contributed by atoms with van der Waals surface area (Å²) in [5.74, 6) is 2.51. The minimum Gasteiger partial charge on any atom is -0.446 e. The number of hydrogen-bond donors (Lipinski definition) is 0. The van der Waals surface area contributed by atoms with Crippen LogP contribution in [0.25, 0.3) is 0 Å². The van der Waals surface area contributed by atoms with Crippen molar-refractivity contribution in [3.05, 3.63) is 17.8 Å². The summed E-state index contributed by atoms with van der Waals surface area (Å²) in [6.07, 6.45) is 3.75. The Bertz CT molecular complexity index is 281. The molecule has 0 atom stereocenters. The van der Waals surface area contributed by atoms with E-state index in [-0.39, 0.29) is 5.41 Å². The average Bonchev–Trinajstić information content (AvgIpc) is 2.30. The van der Waals surface area contributed by atoms with Gasteiger partial charge in [0.1, 0.15) is 5.76 Å². The van der Waals surface area contributed by atoms with E-state index < -0.39 is 0 Å². The lowest BCUT2D eigenvalue weighted by molar-refractivity contribution is 0.341. The Morgan fingerprint density at radius 1 is 1.36 bits per heavy atom. The quantitative estimate of drug-likeness (QED) is 0.738. The fraction of sp³-hybridized carbons (Fsp3) is 0.750. The number of rotatable bonds is 3. The van der Waals surface area contributed by atoms with Crippen molar-refractivity contribution < 1.29 is 4.42 Å². The SMILES string of the molecule is CC(C)Cc1cnc(CC(C)(C)C)o1. The van der Waals surface area contributed by atoms with E-state index in [1.807, 2.05) is 6.20 Å². The zero-order valence-electron chi connectivity index (χ0n) is 9.92. The van der Waals surface area contributed by atoms with Gasteiger partial charge in [-0.3, -0.25) is 0 Å². The van der Waals surface area contributed by atoms with Gasteiger partial charge in [-0.1, -0.05) is 34.6 Å². The molecule has 0 bridgehead atoms. The van der Waals surface area contributed by atoms with E-state index in [0.717, 1.165) is 24.5 Å². The fourth-order valence-corrected chi connectivity index (χ4v) is 1.38. The predicted octanol–water partition coefficient (Wildman–Crippen LogP) is 3.46. The number of oxazole rings is 1. The Labute approximate surface area is 86.7 Å². The molecule has 0 aliphatic carbocycles. The molecule has 0 radical (unpaired) electrons. The molecule has 1 rings (SSSR count). The van der Waals surface area contributed by atoms with Gasteiger partial charge in [-0.25, -0.2) is 4.98 Å². The van der Waals surface area contributed by atoms with Crippen molar-refractivity contribution in [1.82, 2.24) is 4.98 Å². The van der Waals surface area contributed by atoms with E-state index in [0.29, 0.717) is 5.92 Å². The number of aromatic nitrogens is 1. The Morgan fingerprint density at radius 2 is 2.00 bits per heavy atom. The Hall–Kier alpha value is -0.790. The van der Waals surface area contributed by atoms with Crippen molar-refractivity contribution in [2.45, 2.75) is 47.5 Å². The first-order chi connectivity index (χ1) is 6.37. The van der Waals surface area contributed by atoms with E-state index in [1.54, 1.807) is 0 Å². The molecular formula is C12H21NO. The topological polar surface area (TPSA) is 26.0 Å². The average molecular weight is 195 g/mol. The van der Waals surface area contributed by atoms with Crippen LogP contribution in [0.4, 0.5) is 0 Å². The van der Waals surface area contributed by atoms with Crippen LogP contribution in [-0.2, 0) is 12.8 Å². The second kappa shape index (κ2) is 4.16. The summed E-state index contributed by atoms with van der Waals surface area (Å²) in [6.45, 7) is 11.0. The molecule has 2 heteroatoms. The third-order valence-electron chi connectivity index (χ3n) is 1.89. The third-order valence-corrected chi connectivity index (χ3v) is 1.89. The van der Waals surface area contributed by atoms with Gasteiger partial charge in [0.25, 0.3) is 0 Å². The smallest absolute Gasteiger partial charge is 0.194 e. The van der Waals surface area contributed by atoms with Crippen LogP contribution in [0.3, 0.4) is 0 Å². The Kier molecular flexibility index (Phi) is 3.35. The molecule has 0 unspecified atom stereocenters. The number of hydrogen-bond acceptors (Lipinski definition) is 2. The highest BCUT2D eigenvalue weighted by atomic mass is 16.4. The van der Waals surface area contributed by atoms with Gasteiger partial charge in [0.05, 0.1) is 6.20 Å². The predicted molar refractivity (Wildman–Crippen MR) is 58.2 cm³/mol. The van der Waals surface area contributed by atoms with Gasteiger partial charge in [0.15, 0.2) is 5.89 Å². The molecule has 0 saturated heterocycles. The van der Waals surface area contributed by atoms with E-state index in [9.17, 15) is 0 Å². The maximum Gasteiger partial charge on any atom is 0.194 e. The zero-order chi connectivity index (χ0) is 10.8. The molecule has 80 valence electrons. The molecule has 0 saturated carbocycles. The molecule has 14 heavy (non-hydrogen) atoms. The molecule has 0 aliphatic heterocycles. The van der Waals surface area contributed by atoms with Gasteiger partial charge < -0.3 is 4.42 Å². The van der Waals surface area contributed by atoms with Crippen molar-refractivity contribution in [1.29, 1.82) is 0 Å². The van der Waals surface area contributed by atoms with Gasteiger partial charge in [0, 0.05) is 12.8 Å². The highest BCUT2D eigenvalue weighted by Crippen LogP contribution is 2.20. The van der Waals surface area contributed by atoms with Gasteiger partial charge in [0.2, 0.25) is 0 Å². The van der Waals surface area contributed by atoms with E-state index >= 15 is 0 Å². The fourth-order valence-electron chi connectivity index (χ4n) is 1.38. The summed E-state index contributed by atoms with van der Waals surface area (Å²) in [4.78, 5) is 4.29. The highest BCUT2D eigenvalue weighted by Gasteiger charge is 2.15. The van der Waals surface area contributed by atoms with Gasteiger partial charge >= 0.3 is 0 Å². The molecule has 0 fully saturated rings. The maximum atomic E-state index is 5.66. The second-order valence-corrected chi connectivity index (χ2v) is 5.56. The molecule has 1 heterocycles. The van der Waals surface area contributed by atoms with E-state index in [1.165, 1.54) is 0 Å². The van der Waals surface area contributed by atoms with Crippen molar-refractivity contribution in [3.63, 3.8) is 0 Å². The molecule has 0 spiro atoms. The van der Waals surface area contributed by atoms with Crippen LogP contribution in [0, 0.1) is 11.3 Å².